The summed E-state index contributed by atoms with van der Waals surface area (Å²) in [7, 11) is -3.65. The van der Waals surface area contributed by atoms with Crippen molar-refractivity contribution in [3.63, 3.8) is 0 Å². The van der Waals surface area contributed by atoms with Crippen LogP contribution in [0, 0.1) is 10.1 Å². The molecule has 1 aromatic carbocycles. The Morgan fingerprint density at radius 2 is 2.15 bits per heavy atom. The van der Waals surface area contributed by atoms with Crippen molar-refractivity contribution in [1.82, 2.24) is 4.31 Å². The Balaban J connectivity index is 2.38. The summed E-state index contributed by atoms with van der Waals surface area (Å²) in [5.74, 6) is 0. The third-order valence-electron chi connectivity index (χ3n) is 3.68. The van der Waals surface area contributed by atoms with Crippen LogP contribution in [0.5, 0.6) is 0 Å². The number of benzene rings is 1. The lowest BCUT2D eigenvalue weighted by atomic mass is 10.0. The van der Waals surface area contributed by atoms with Crippen LogP contribution in [-0.2, 0) is 10.0 Å². The van der Waals surface area contributed by atoms with E-state index in [1.165, 1.54) is 22.5 Å². The Morgan fingerprint density at radius 1 is 1.40 bits per heavy atom. The topological polar surface area (TPSA) is 80.5 Å². The molecular weight excluding hydrogens is 280 g/mol. The zero-order valence-corrected chi connectivity index (χ0v) is 12.2. The van der Waals surface area contributed by atoms with Crippen LogP contribution in [0.3, 0.4) is 0 Å². The van der Waals surface area contributed by atoms with Crippen molar-refractivity contribution in [2.75, 3.05) is 6.54 Å². The van der Waals surface area contributed by atoms with E-state index in [9.17, 15) is 18.5 Å². The normalized spacial score (nSPS) is 20.8. The van der Waals surface area contributed by atoms with Crippen molar-refractivity contribution >= 4 is 15.7 Å². The van der Waals surface area contributed by atoms with Gasteiger partial charge in [-0.2, -0.15) is 4.31 Å². The summed E-state index contributed by atoms with van der Waals surface area (Å²) in [6, 6.07) is 5.26. The zero-order valence-electron chi connectivity index (χ0n) is 11.4. The summed E-state index contributed by atoms with van der Waals surface area (Å²) in [6.45, 7) is 2.45. The predicted octanol–water partition coefficient (Wildman–Crippen LogP) is 2.55. The molecule has 1 atom stereocenters. The minimum atomic E-state index is -3.65. The number of non-ortho nitro benzene ring substituents is 1. The number of hydrogen-bond acceptors (Lipinski definition) is 4. The van der Waals surface area contributed by atoms with E-state index >= 15 is 0 Å². The molecule has 0 amide bonds. The SMILES string of the molecule is CC[C@H]1CCCCN1S(=O)(=O)c1cccc([N+](=O)[O-])c1. The quantitative estimate of drug-likeness (QED) is 0.632. The minimum Gasteiger partial charge on any atom is -0.258 e. The van der Waals surface area contributed by atoms with Crippen LogP contribution in [-0.4, -0.2) is 30.2 Å². The zero-order chi connectivity index (χ0) is 14.8. The number of nitro benzene ring substituents is 1. The second kappa shape index (κ2) is 5.88. The summed E-state index contributed by atoms with van der Waals surface area (Å²) in [5, 5.41) is 10.8. The molecule has 0 aromatic heterocycles. The van der Waals surface area contributed by atoms with E-state index in [-0.39, 0.29) is 16.6 Å². The minimum absolute atomic E-state index is 0.00647. The third kappa shape index (κ3) is 2.83. The van der Waals surface area contributed by atoms with Gasteiger partial charge in [-0.3, -0.25) is 10.1 Å². The first-order chi connectivity index (χ1) is 9.46. The molecule has 1 aliphatic rings. The molecule has 0 aliphatic carbocycles. The fourth-order valence-electron chi connectivity index (χ4n) is 2.59. The van der Waals surface area contributed by atoms with Crippen molar-refractivity contribution < 1.29 is 13.3 Å². The fourth-order valence-corrected chi connectivity index (χ4v) is 4.40. The molecule has 0 N–H and O–H groups in total. The predicted molar refractivity (Wildman–Crippen MR) is 74.9 cm³/mol. The van der Waals surface area contributed by atoms with Gasteiger partial charge in [-0.05, 0) is 25.3 Å². The van der Waals surface area contributed by atoms with E-state index in [4.69, 9.17) is 0 Å². The maximum absolute atomic E-state index is 12.6. The van der Waals surface area contributed by atoms with Gasteiger partial charge in [0, 0.05) is 24.7 Å². The molecular formula is C13H18N2O4S. The highest BCUT2D eigenvalue weighted by Crippen LogP contribution is 2.28. The molecule has 0 bridgehead atoms. The monoisotopic (exact) mass is 298 g/mol. The van der Waals surface area contributed by atoms with Gasteiger partial charge in [-0.15, -0.1) is 0 Å². The molecule has 1 heterocycles. The van der Waals surface area contributed by atoms with E-state index in [1.807, 2.05) is 6.92 Å². The fraction of sp³-hybridized carbons (Fsp3) is 0.538. The number of nitro groups is 1. The van der Waals surface area contributed by atoms with Gasteiger partial charge >= 0.3 is 0 Å². The van der Waals surface area contributed by atoms with Crippen molar-refractivity contribution in [2.24, 2.45) is 0 Å². The summed E-state index contributed by atoms with van der Waals surface area (Å²) in [4.78, 5) is 10.2. The standard InChI is InChI=1S/C13H18N2O4S/c1-2-11-6-3-4-9-14(11)20(18,19)13-8-5-7-12(10-13)15(16)17/h5,7-8,10-11H,2-4,6,9H2,1H3/t11-/m0/s1. The van der Waals surface area contributed by atoms with Crippen molar-refractivity contribution in [3.05, 3.63) is 34.4 Å². The molecule has 0 saturated carbocycles. The number of sulfonamides is 1. The first-order valence-corrected chi connectivity index (χ1v) is 8.17. The first kappa shape index (κ1) is 14.9. The van der Waals surface area contributed by atoms with E-state index in [0.29, 0.717) is 6.54 Å². The van der Waals surface area contributed by atoms with E-state index in [0.717, 1.165) is 31.7 Å². The Labute approximate surface area is 118 Å². The van der Waals surface area contributed by atoms with Gasteiger partial charge in [0.05, 0.1) is 9.82 Å². The maximum Gasteiger partial charge on any atom is 0.270 e. The van der Waals surface area contributed by atoms with Crippen LogP contribution in [0.1, 0.15) is 32.6 Å². The van der Waals surface area contributed by atoms with Crippen LogP contribution < -0.4 is 0 Å². The molecule has 0 spiro atoms. The van der Waals surface area contributed by atoms with Gasteiger partial charge in [0.25, 0.3) is 5.69 Å². The van der Waals surface area contributed by atoms with Crippen LogP contribution in [0.2, 0.25) is 0 Å². The van der Waals surface area contributed by atoms with Gasteiger partial charge in [-0.1, -0.05) is 19.4 Å². The van der Waals surface area contributed by atoms with Crippen LogP contribution in [0.4, 0.5) is 5.69 Å². The summed E-state index contributed by atoms with van der Waals surface area (Å²) < 4.78 is 26.8. The third-order valence-corrected chi connectivity index (χ3v) is 5.63. The number of rotatable bonds is 4. The Hall–Kier alpha value is -1.47. The molecule has 1 saturated heterocycles. The Bertz CT molecular complexity index is 600. The number of hydrogen-bond donors (Lipinski definition) is 0. The van der Waals surface area contributed by atoms with Gasteiger partial charge in [0.15, 0.2) is 0 Å². The molecule has 1 aliphatic heterocycles. The van der Waals surface area contributed by atoms with Crippen LogP contribution in [0.15, 0.2) is 29.2 Å². The highest BCUT2D eigenvalue weighted by molar-refractivity contribution is 7.89. The molecule has 110 valence electrons. The van der Waals surface area contributed by atoms with Gasteiger partial charge in [-0.25, -0.2) is 8.42 Å². The van der Waals surface area contributed by atoms with E-state index in [1.54, 1.807) is 0 Å². The van der Waals surface area contributed by atoms with Crippen molar-refractivity contribution in [1.29, 1.82) is 0 Å². The largest absolute Gasteiger partial charge is 0.270 e. The highest BCUT2D eigenvalue weighted by atomic mass is 32.2. The lowest BCUT2D eigenvalue weighted by molar-refractivity contribution is -0.385. The Morgan fingerprint density at radius 3 is 2.80 bits per heavy atom. The summed E-state index contributed by atoms with van der Waals surface area (Å²) in [6.07, 6.45) is 3.48. The van der Waals surface area contributed by atoms with Crippen molar-refractivity contribution in [3.8, 4) is 0 Å². The summed E-state index contributed by atoms with van der Waals surface area (Å²) >= 11 is 0. The average Bonchev–Trinajstić information content (AvgIpc) is 2.47. The lowest BCUT2D eigenvalue weighted by Gasteiger charge is -2.34. The van der Waals surface area contributed by atoms with Gasteiger partial charge in [0.2, 0.25) is 10.0 Å². The van der Waals surface area contributed by atoms with Crippen molar-refractivity contribution in [2.45, 2.75) is 43.5 Å². The van der Waals surface area contributed by atoms with Gasteiger partial charge < -0.3 is 0 Å². The highest BCUT2D eigenvalue weighted by Gasteiger charge is 2.33. The molecule has 0 unspecified atom stereocenters. The lowest BCUT2D eigenvalue weighted by Crippen LogP contribution is -2.43. The van der Waals surface area contributed by atoms with Crippen LogP contribution >= 0.6 is 0 Å². The first-order valence-electron chi connectivity index (χ1n) is 6.73. The second-order valence-corrected chi connectivity index (χ2v) is 6.82. The molecule has 0 radical (unpaired) electrons. The molecule has 6 nitrogen and oxygen atoms in total. The van der Waals surface area contributed by atoms with Gasteiger partial charge in [0.1, 0.15) is 0 Å². The average molecular weight is 298 g/mol. The Kier molecular flexibility index (Phi) is 4.39. The molecule has 2 rings (SSSR count). The number of nitrogens with zero attached hydrogens (tertiary/aromatic N) is 2. The maximum atomic E-state index is 12.6. The van der Waals surface area contributed by atoms with E-state index in [2.05, 4.69) is 0 Å². The molecule has 1 aromatic rings. The summed E-state index contributed by atoms with van der Waals surface area (Å²) in [5.41, 5.74) is -0.198. The second-order valence-electron chi connectivity index (χ2n) is 4.93. The molecule has 1 fully saturated rings. The smallest absolute Gasteiger partial charge is 0.258 e. The van der Waals surface area contributed by atoms with Crippen LogP contribution in [0.25, 0.3) is 0 Å². The van der Waals surface area contributed by atoms with E-state index < -0.39 is 14.9 Å². The number of piperidine rings is 1. The molecule has 20 heavy (non-hydrogen) atoms. The molecule has 7 heteroatoms.